The van der Waals surface area contributed by atoms with Gasteiger partial charge >= 0.3 is 0 Å². The normalized spacial score (nSPS) is 18.5. The fourth-order valence-corrected chi connectivity index (χ4v) is 2.78. The molecule has 1 saturated heterocycles. The topological polar surface area (TPSA) is 64.4 Å². The van der Waals surface area contributed by atoms with E-state index >= 15 is 0 Å². The fraction of sp³-hybridized carbons (Fsp3) is 0.500. The first kappa shape index (κ1) is 14.1. The Hall–Kier alpha value is -1.35. The highest BCUT2D eigenvalue weighted by Gasteiger charge is 2.17. The van der Waals surface area contributed by atoms with Crippen molar-refractivity contribution in [3.63, 3.8) is 0 Å². The van der Waals surface area contributed by atoms with Gasteiger partial charge in [0.15, 0.2) is 0 Å². The highest BCUT2D eigenvalue weighted by atomic mass is 32.1. The van der Waals surface area contributed by atoms with E-state index < -0.39 is 0 Å². The van der Waals surface area contributed by atoms with Gasteiger partial charge in [0.05, 0.1) is 13.2 Å². The van der Waals surface area contributed by atoms with Gasteiger partial charge < -0.3 is 15.8 Å². The van der Waals surface area contributed by atoms with Crippen molar-refractivity contribution in [3.05, 3.63) is 21.9 Å². The Bertz CT molecular complexity index is 481. The standard InChI is InChI=1S/C14H18N2O2S/c15-6-1-4-12-5-8-19-13(12)14(17)16-9-11-3-2-7-18-10-11/h5,8,11H,2-3,6-7,9-10,15H2,(H,16,17). The Labute approximate surface area is 117 Å². The highest BCUT2D eigenvalue weighted by molar-refractivity contribution is 7.12. The van der Waals surface area contributed by atoms with E-state index in [4.69, 9.17) is 10.5 Å². The van der Waals surface area contributed by atoms with Crippen LogP contribution in [0.4, 0.5) is 0 Å². The molecule has 19 heavy (non-hydrogen) atoms. The molecule has 0 saturated carbocycles. The van der Waals surface area contributed by atoms with E-state index in [0.717, 1.165) is 31.6 Å². The molecule has 1 aliphatic rings. The minimum absolute atomic E-state index is 0.0538. The Balaban J connectivity index is 1.90. The van der Waals surface area contributed by atoms with Crippen LogP contribution in [-0.4, -0.2) is 32.2 Å². The number of ether oxygens (including phenoxy) is 1. The molecule has 0 aliphatic carbocycles. The average Bonchev–Trinajstić information content (AvgIpc) is 2.92. The fourth-order valence-electron chi connectivity index (χ4n) is 2.02. The summed E-state index contributed by atoms with van der Waals surface area (Å²) in [6, 6.07) is 1.85. The first-order valence-electron chi connectivity index (χ1n) is 6.43. The van der Waals surface area contributed by atoms with Gasteiger partial charge in [0.2, 0.25) is 0 Å². The van der Waals surface area contributed by atoms with Gasteiger partial charge in [0.1, 0.15) is 4.88 Å². The van der Waals surface area contributed by atoms with Gasteiger partial charge in [-0.15, -0.1) is 11.3 Å². The number of carbonyl (C=O) groups excluding carboxylic acids is 1. The monoisotopic (exact) mass is 278 g/mol. The third-order valence-electron chi connectivity index (χ3n) is 3.00. The lowest BCUT2D eigenvalue weighted by atomic mass is 10.0. The molecule has 1 unspecified atom stereocenters. The molecule has 0 aromatic carbocycles. The molecule has 1 amide bonds. The van der Waals surface area contributed by atoms with Gasteiger partial charge in [-0.2, -0.15) is 0 Å². The van der Waals surface area contributed by atoms with Gasteiger partial charge in [-0.1, -0.05) is 11.8 Å². The van der Waals surface area contributed by atoms with E-state index in [-0.39, 0.29) is 5.91 Å². The number of carbonyl (C=O) groups is 1. The summed E-state index contributed by atoms with van der Waals surface area (Å²) < 4.78 is 5.40. The third kappa shape index (κ3) is 4.06. The van der Waals surface area contributed by atoms with Crippen molar-refractivity contribution in [1.82, 2.24) is 5.32 Å². The maximum absolute atomic E-state index is 12.1. The molecule has 1 aromatic heterocycles. The maximum atomic E-state index is 12.1. The van der Waals surface area contributed by atoms with Crippen LogP contribution in [0.2, 0.25) is 0 Å². The first-order chi connectivity index (χ1) is 9.31. The zero-order chi connectivity index (χ0) is 13.5. The largest absolute Gasteiger partial charge is 0.381 e. The van der Waals surface area contributed by atoms with E-state index in [0.29, 0.717) is 23.9 Å². The zero-order valence-corrected chi connectivity index (χ0v) is 11.6. The number of rotatable bonds is 3. The number of amides is 1. The van der Waals surface area contributed by atoms with Gasteiger partial charge in [-0.05, 0) is 30.2 Å². The molecular formula is C14H18N2O2S. The summed E-state index contributed by atoms with van der Waals surface area (Å²) >= 11 is 1.41. The molecule has 0 bridgehead atoms. The van der Waals surface area contributed by atoms with Crippen LogP contribution >= 0.6 is 11.3 Å². The Morgan fingerprint density at radius 1 is 1.63 bits per heavy atom. The highest BCUT2D eigenvalue weighted by Crippen LogP contribution is 2.17. The minimum Gasteiger partial charge on any atom is -0.381 e. The number of hydrogen-bond donors (Lipinski definition) is 2. The number of nitrogens with one attached hydrogen (secondary N) is 1. The van der Waals surface area contributed by atoms with Crippen LogP contribution in [0.25, 0.3) is 0 Å². The SMILES string of the molecule is NCC#Cc1ccsc1C(=O)NCC1CCCOC1. The van der Waals surface area contributed by atoms with Crippen LogP contribution in [0.15, 0.2) is 11.4 Å². The van der Waals surface area contributed by atoms with Gasteiger partial charge in [0, 0.05) is 18.7 Å². The predicted octanol–water partition coefficient (Wildman–Crippen LogP) is 1.21. The molecule has 1 aliphatic heterocycles. The molecule has 5 heteroatoms. The first-order valence-corrected chi connectivity index (χ1v) is 7.31. The lowest BCUT2D eigenvalue weighted by molar-refractivity contribution is 0.0536. The van der Waals surface area contributed by atoms with Crippen molar-refractivity contribution < 1.29 is 9.53 Å². The van der Waals surface area contributed by atoms with Gasteiger partial charge in [-0.25, -0.2) is 0 Å². The molecule has 3 N–H and O–H groups in total. The van der Waals surface area contributed by atoms with Crippen LogP contribution < -0.4 is 11.1 Å². The quantitative estimate of drug-likeness (QED) is 0.817. The van der Waals surface area contributed by atoms with Crippen LogP contribution in [0, 0.1) is 17.8 Å². The van der Waals surface area contributed by atoms with Crippen LogP contribution in [-0.2, 0) is 4.74 Å². The molecule has 1 fully saturated rings. The van der Waals surface area contributed by atoms with E-state index in [2.05, 4.69) is 17.2 Å². The van der Waals surface area contributed by atoms with Gasteiger partial charge in [-0.3, -0.25) is 4.79 Å². The van der Waals surface area contributed by atoms with Crippen LogP contribution in [0.5, 0.6) is 0 Å². The zero-order valence-electron chi connectivity index (χ0n) is 10.8. The van der Waals surface area contributed by atoms with Crippen molar-refractivity contribution in [3.8, 4) is 11.8 Å². The van der Waals surface area contributed by atoms with Crippen molar-refractivity contribution in [2.24, 2.45) is 11.7 Å². The Morgan fingerprint density at radius 2 is 2.53 bits per heavy atom. The van der Waals surface area contributed by atoms with Crippen LogP contribution in [0.1, 0.15) is 28.1 Å². The average molecular weight is 278 g/mol. The lowest BCUT2D eigenvalue weighted by Gasteiger charge is -2.22. The minimum atomic E-state index is -0.0538. The molecule has 2 rings (SSSR count). The second-order valence-corrected chi connectivity index (χ2v) is 5.38. The molecule has 2 heterocycles. The Morgan fingerprint density at radius 3 is 3.26 bits per heavy atom. The lowest BCUT2D eigenvalue weighted by Crippen LogP contribution is -2.33. The molecule has 102 valence electrons. The number of nitrogens with two attached hydrogens (primary N) is 1. The summed E-state index contributed by atoms with van der Waals surface area (Å²) in [5, 5.41) is 4.84. The smallest absolute Gasteiger partial charge is 0.262 e. The van der Waals surface area contributed by atoms with E-state index in [1.165, 1.54) is 11.3 Å². The summed E-state index contributed by atoms with van der Waals surface area (Å²) in [6.45, 7) is 2.55. The number of hydrogen-bond acceptors (Lipinski definition) is 4. The molecule has 1 aromatic rings. The van der Waals surface area contributed by atoms with Gasteiger partial charge in [0.25, 0.3) is 5.91 Å². The molecule has 0 spiro atoms. The second kappa shape index (κ2) is 7.29. The number of thiophene rings is 1. The molecule has 0 radical (unpaired) electrons. The summed E-state index contributed by atoms with van der Waals surface area (Å²) in [4.78, 5) is 12.8. The molecular weight excluding hydrogens is 260 g/mol. The third-order valence-corrected chi connectivity index (χ3v) is 3.92. The summed E-state index contributed by atoms with van der Waals surface area (Å²) in [6.07, 6.45) is 2.19. The van der Waals surface area contributed by atoms with Crippen molar-refractivity contribution in [2.45, 2.75) is 12.8 Å². The predicted molar refractivity (Wildman–Crippen MR) is 76.1 cm³/mol. The summed E-state index contributed by atoms with van der Waals surface area (Å²) in [5.74, 6) is 6.07. The van der Waals surface area contributed by atoms with Crippen molar-refractivity contribution in [1.29, 1.82) is 0 Å². The van der Waals surface area contributed by atoms with E-state index in [9.17, 15) is 4.79 Å². The summed E-state index contributed by atoms with van der Waals surface area (Å²) in [7, 11) is 0. The second-order valence-electron chi connectivity index (χ2n) is 4.46. The molecule has 1 atom stereocenters. The van der Waals surface area contributed by atoms with E-state index in [1.54, 1.807) is 0 Å². The molecule has 4 nitrogen and oxygen atoms in total. The van der Waals surface area contributed by atoms with E-state index in [1.807, 2.05) is 11.4 Å². The summed E-state index contributed by atoms with van der Waals surface area (Å²) in [5.41, 5.74) is 6.10. The maximum Gasteiger partial charge on any atom is 0.262 e. The van der Waals surface area contributed by atoms with Crippen LogP contribution in [0.3, 0.4) is 0 Å². The van der Waals surface area contributed by atoms with Crippen molar-refractivity contribution >= 4 is 17.2 Å². The van der Waals surface area contributed by atoms with Crippen molar-refractivity contribution in [2.75, 3.05) is 26.3 Å². The Kier molecular flexibility index (Phi) is 5.40.